The van der Waals surface area contributed by atoms with E-state index in [9.17, 15) is 4.79 Å². The van der Waals surface area contributed by atoms with Gasteiger partial charge >= 0.3 is 5.97 Å². The summed E-state index contributed by atoms with van der Waals surface area (Å²) in [5.74, 6) is -0.290. The lowest BCUT2D eigenvalue weighted by Crippen LogP contribution is -2.33. The van der Waals surface area contributed by atoms with Gasteiger partial charge in [-0.15, -0.1) is 5.53 Å². The molecule has 0 heterocycles. The van der Waals surface area contributed by atoms with Gasteiger partial charge in [0.05, 0.1) is 0 Å². The minimum Gasteiger partial charge on any atom is -0.478 e. The summed E-state index contributed by atoms with van der Waals surface area (Å²) < 4.78 is 0. The third-order valence-electron chi connectivity index (χ3n) is 1.17. The lowest BCUT2D eigenvalue weighted by atomic mass is 10.2. The van der Waals surface area contributed by atoms with Crippen LogP contribution in [0.1, 0.15) is 6.42 Å². The summed E-state index contributed by atoms with van der Waals surface area (Å²) in [6.07, 6.45) is 2.32. The maximum absolute atomic E-state index is 10.5. The Labute approximate surface area is 73.9 Å². The van der Waals surface area contributed by atoms with E-state index in [0.717, 1.165) is 0 Å². The summed E-state index contributed by atoms with van der Waals surface area (Å²) in [6.45, 7) is 0. The fraction of sp³-hybridized carbons (Fsp3) is 0.800. The van der Waals surface area contributed by atoms with Gasteiger partial charge in [-0.1, -0.05) is 0 Å². The predicted octanol–water partition coefficient (Wildman–Crippen LogP) is 1.01. The monoisotopic (exact) mass is 190 g/mol. The molecule has 0 aromatic rings. The van der Waals surface area contributed by atoms with E-state index in [4.69, 9.17) is 10.6 Å². The first-order chi connectivity index (χ1) is 5.72. The van der Waals surface area contributed by atoms with Crippen molar-refractivity contribution in [3.8, 4) is 0 Å². The average molecular weight is 190 g/mol. The summed E-state index contributed by atoms with van der Waals surface area (Å²) in [5.41, 5.74) is 10.1. The number of thioether (sulfide) groups is 1. The van der Waals surface area contributed by atoms with Gasteiger partial charge in [-0.05, 0) is 17.2 Å². The van der Waals surface area contributed by atoms with Crippen LogP contribution in [0.4, 0.5) is 0 Å². The molecule has 7 heteroatoms. The molecule has 0 saturated heterocycles. The second-order valence-electron chi connectivity index (χ2n) is 1.99. The minimum absolute atomic E-state index is 0.440. The Balaban J connectivity index is 3.86. The van der Waals surface area contributed by atoms with Gasteiger partial charge in [0.1, 0.15) is 0 Å². The van der Waals surface area contributed by atoms with Crippen molar-refractivity contribution >= 4 is 17.7 Å². The Morgan fingerprint density at radius 2 is 2.58 bits per heavy atom. The predicted molar refractivity (Wildman–Crippen MR) is 46.7 cm³/mol. The van der Waals surface area contributed by atoms with Crippen LogP contribution in [-0.2, 0) is 4.79 Å². The Hall–Kier alpha value is -1.07. The molecule has 0 radical (unpaired) electrons. The number of hydrogen-bond acceptors (Lipinski definition) is 3. The maximum atomic E-state index is 10.5. The van der Waals surface area contributed by atoms with Gasteiger partial charge in [0, 0.05) is 6.42 Å². The van der Waals surface area contributed by atoms with E-state index in [1.165, 1.54) is 0 Å². The number of nitrogens with one attached hydrogen (secondary N) is 1. The van der Waals surface area contributed by atoms with E-state index >= 15 is 0 Å². The van der Waals surface area contributed by atoms with Crippen molar-refractivity contribution in [2.75, 3.05) is 12.0 Å². The zero-order valence-corrected chi connectivity index (χ0v) is 7.41. The van der Waals surface area contributed by atoms with Crippen molar-refractivity contribution in [3.05, 3.63) is 10.4 Å². The van der Waals surface area contributed by atoms with Crippen LogP contribution in [0.15, 0.2) is 5.22 Å². The molecule has 12 heavy (non-hydrogen) atoms. The molecule has 1 atom stereocenters. The van der Waals surface area contributed by atoms with Crippen LogP contribution in [0.3, 0.4) is 0 Å². The lowest BCUT2D eigenvalue weighted by Gasteiger charge is -2.05. The molecule has 68 valence electrons. The molecule has 0 aromatic heterocycles. The highest BCUT2D eigenvalue weighted by molar-refractivity contribution is 7.98. The van der Waals surface area contributed by atoms with E-state index in [2.05, 4.69) is 15.6 Å². The summed E-state index contributed by atoms with van der Waals surface area (Å²) in [5, 5.41) is 11.6. The van der Waals surface area contributed by atoms with Gasteiger partial charge in [0.2, 0.25) is 0 Å². The Bertz CT molecular complexity index is 192. The molecule has 0 saturated carbocycles. The van der Waals surface area contributed by atoms with Crippen molar-refractivity contribution in [2.24, 2.45) is 5.22 Å². The first kappa shape index (κ1) is 10.9. The van der Waals surface area contributed by atoms with E-state index in [1.54, 1.807) is 11.8 Å². The van der Waals surface area contributed by atoms with Gasteiger partial charge in [-0.2, -0.15) is 16.7 Å². The van der Waals surface area contributed by atoms with E-state index in [0.29, 0.717) is 12.2 Å². The lowest BCUT2D eigenvalue weighted by molar-refractivity contribution is -0.139. The number of nitrogens with zero attached hydrogens (tertiary/aromatic N) is 3. The minimum atomic E-state index is -1.00. The number of hydrogen-bond donors (Lipinski definition) is 2. The number of carboxylic acids is 1. The Morgan fingerprint density at radius 3 is 3.00 bits per heavy atom. The van der Waals surface area contributed by atoms with Crippen LogP contribution >= 0.6 is 11.8 Å². The Kier molecular flexibility index (Phi) is 6.04. The van der Waals surface area contributed by atoms with Gasteiger partial charge in [0.15, 0.2) is 6.04 Å². The SMILES string of the molecule is CSCC[C@H](NN=[N+]=[N-])C(=O)O. The Morgan fingerprint density at radius 1 is 1.92 bits per heavy atom. The summed E-state index contributed by atoms with van der Waals surface area (Å²) in [4.78, 5) is 12.9. The molecular weight excluding hydrogens is 180 g/mol. The molecule has 6 nitrogen and oxygen atoms in total. The van der Waals surface area contributed by atoms with Gasteiger partial charge in [-0.3, -0.25) is 0 Å². The van der Waals surface area contributed by atoms with Gasteiger partial charge in [0.25, 0.3) is 0 Å². The molecule has 0 spiro atoms. The third kappa shape index (κ3) is 4.70. The highest BCUT2D eigenvalue weighted by Crippen LogP contribution is 2.00. The maximum Gasteiger partial charge on any atom is 0.349 e. The van der Waals surface area contributed by atoms with E-state index in [-0.39, 0.29) is 0 Å². The van der Waals surface area contributed by atoms with Crippen LogP contribution in [0.5, 0.6) is 0 Å². The highest BCUT2D eigenvalue weighted by Gasteiger charge is 2.17. The van der Waals surface area contributed by atoms with Crippen molar-refractivity contribution in [2.45, 2.75) is 12.5 Å². The fourth-order valence-corrected chi connectivity index (χ4v) is 1.05. The second kappa shape index (κ2) is 6.63. The van der Waals surface area contributed by atoms with Crippen molar-refractivity contribution in [1.29, 1.82) is 0 Å². The van der Waals surface area contributed by atoms with Crippen molar-refractivity contribution in [3.63, 3.8) is 0 Å². The summed E-state index contributed by atoms with van der Waals surface area (Å²) >= 11 is 1.54. The van der Waals surface area contributed by atoms with Crippen LogP contribution in [0.2, 0.25) is 0 Å². The fourth-order valence-electron chi connectivity index (χ4n) is 0.574. The highest BCUT2D eigenvalue weighted by atomic mass is 32.2. The third-order valence-corrected chi connectivity index (χ3v) is 1.81. The first-order valence-corrected chi connectivity index (χ1v) is 4.63. The molecule has 0 amide bonds. The molecule has 0 unspecified atom stereocenters. The number of carboxylic acid groups (broad SMARTS) is 1. The molecule has 0 aliphatic rings. The van der Waals surface area contributed by atoms with E-state index in [1.807, 2.05) is 6.26 Å². The van der Waals surface area contributed by atoms with Crippen molar-refractivity contribution in [1.82, 2.24) is 5.43 Å². The quantitative estimate of drug-likeness (QED) is 0.282. The zero-order chi connectivity index (χ0) is 9.40. The van der Waals surface area contributed by atoms with Crippen LogP contribution in [0.25, 0.3) is 10.4 Å². The molecular formula is C5H10N4O2S. The summed E-state index contributed by atoms with van der Waals surface area (Å²) in [6, 6.07) is -0.784. The summed E-state index contributed by atoms with van der Waals surface area (Å²) in [7, 11) is 0. The topological polar surface area (TPSA) is 98.1 Å². The van der Waals surface area contributed by atoms with Crippen LogP contribution < -0.4 is 5.43 Å². The number of carbonyl (C=O) groups is 1. The normalized spacial score (nSPS) is 11.4. The molecule has 0 aromatic carbocycles. The number of azide groups is 1. The largest absolute Gasteiger partial charge is 0.478 e. The molecule has 0 rings (SSSR count). The average Bonchev–Trinajstić information content (AvgIpc) is 2.04. The molecule has 2 N–H and O–H groups in total. The first-order valence-electron chi connectivity index (χ1n) is 3.23. The molecule has 0 aliphatic carbocycles. The van der Waals surface area contributed by atoms with Crippen LogP contribution in [0, 0.1) is 0 Å². The van der Waals surface area contributed by atoms with Crippen LogP contribution in [-0.4, -0.2) is 29.1 Å². The molecule has 0 fully saturated rings. The molecule has 0 aliphatic heterocycles. The smallest absolute Gasteiger partial charge is 0.349 e. The van der Waals surface area contributed by atoms with Crippen molar-refractivity contribution < 1.29 is 9.90 Å². The zero-order valence-electron chi connectivity index (χ0n) is 6.60. The molecule has 0 bridgehead atoms. The second-order valence-corrected chi connectivity index (χ2v) is 2.98. The number of rotatable bonds is 6. The van der Waals surface area contributed by atoms with E-state index < -0.39 is 12.0 Å². The van der Waals surface area contributed by atoms with Gasteiger partial charge < -0.3 is 5.11 Å². The van der Waals surface area contributed by atoms with Gasteiger partial charge in [-0.25, -0.2) is 10.2 Å². The number of aliphatic carboxylic acids is 1. The standard InChI is InChI=1S/C5H10N4O2S/c1-12-3-2-4(5(10)11)7-9-8-6/h4,7H,2-3H2,1H3,(H,10,11)/t4-/m0/s1.